The van der Waals surface area contributed by atoms with E-state index in [-0.39, 0.29) is 24.4 Å². The number of nitrogens with one attached hydrogen (secondary N) is 1. The molecule has 0 spiro atoms. The van der Waals surface area contributed by atoms with E-state index in [1.165, 1.54) is 34.7 Å². The maximum atomic E-state index is 14.2. The van der Waals surface area contributed by atoms with Crippen molar-refractivity contribution in [3.05, 3.63) is 132 Å². The van der Waals surface area contributed by atoms with Crippen LogP contribution in [0.2, 0.25) is 0 Å². The van der Waals surface area contributed by atoms with E-state index in [1.807, 2.05) is 80.6 Å². The Morgan fingerprint density at radius 2 is 1.33 bits per heavy atom. The van der Waals surface area contributed by atoms with Crippen molar-refractivity contribution < 1.29 is 23.1 Å². The first kappa shape index (κ1) is 36.9. The number of carbonyl (C=O) groups is 1. The Hall–Kier alpha value is -3.96. The molecule has 4 aromatic rings. The molecule has 0 aliphatic heterocycles. The Morgan fingerprint density at radius 1 is 0.833 bits per heavy atom. The van der Waals surface area contributed by atoms with Crippen LogP contribution in [0.15, 0.2) is 120 Å². The Morgan fingerprint density at radius 3 is 1.81 bits per heavy atom. The highest BCUT2D eigenvalue weighted by molar-refractivity contribution is 7.89. The second-order valence-corrected chi connectivity index (χ2v) is 14.9. The summed E-state index contributed by atoms with van der Waals surface area (Å²) in [6, 6.07) is 35.4. The van der Waals surface area contributed by atoms with E-state index >= 15 is 0 Å². The summed E-state index contributed by atoms with van der Waals surface area (Å²) in [5.74, 6) is -0.261. The van der Waals surface area contributed by atoms with Gasteiger partial charge in [0.15, 0.2) is 5.81 Å². The van der Waals surface area contributed by atoms with E-state index in [2.05, 4.69) is 34.5 Å². The van der Waals surface area contributed by atoms with E-state index in [9.17, 15) is 18.3 Å². The molecule has 8 nitrogen and oxygen atoms in total. The molecule has 4 aromatic carbocycles. The molecule has 0 heterocycles. The second-order valence-electron chi connectivity index (χ2n) is 12.9. The molecule has 252 valence electrons. The van der Waals surface area contributed by atoms with E-state index in [4.69, 9.17) is 12.6 Å². The molecule has 0 aliphatic rings. The van der Waals surface area contributed by atoms with Crippen LogP contribution in [0.5, 0.6) is 5.75 Å². The van der Waals surface area contributed by atoms with Crippen molar-refractivity contribution in [3.63, 3.8) is 0 Å². The summed E-state index contributed by atoms with van der Waals surface area (Å²) in [6.45, 7) is 6.20. The summed E-state index contributed by atoms with van der Waals surface area (Å²) in [4.78, 5) is 14.4. The van der Waals surface area contributed by atoms with Gasteiger partial charge in [-0.2, -0.15) is 4.31 Å². The zero-order valence-corrected chi connectivity index (χ0v) is 28.9. The number of amides is 1. The third-order valence-corrected chi connectivity index (χ3v) is 10.2. The smallest absolute Gasteiger partial charge is 0.243 e. The largest absolute Gasteiger partial charge is 0.497 e. The summed E-state index contributed by atoms with van der Waals surface area (Å²) in [5.41, 5.74) is 2.78. The molecule has 2 atom stereocenters. The van der Waals surface area contributed by atoms with Crippen LogP contribution in [0.25, 0.3) is 0 Å². The van der Waals surface area contributed by atoms with Crippen LogP contribution >= 0.6 is 0 Å². The van der Waals surface area contributed by atoms with Crippen LogP contribution in [0.3, 0.4) is 0 Å². The topological polar surface area (TPSA) is 99.2 Å². The summed E-state index contributed by atoms with van der Waals surface area (Å²) in [6.07, 6.45) is -0.280. The van der Waals surface area contributed by atoms with Gasteiger partial charge in [-0.15, -0.1) is 0 Å². The SMILES string of the molecule is [B]C(=O)N[C@@H](Cc1ccccc1)[C@H](O)CN(CC(C)(C)CCN(Cc1ccccc1)Cc1ccccc1)S(=O)(=O)c1ccc(OC)cc1. The van der Waals surface area contributed by atoms with Gasteiger partial charge in [-0.3, -0.25) is 9.69 Å². The quantitative estimate of drug-likeness (QED) is 0.133. The number of hydrogen-bond acceptors (Lipinski definition) is 6. The molecule has 0 aliphatic carbocycles. The highest BCUT2D eigenvalue weighted by Gasteiger charge is 2.35. The van der Waals surface area contributed by atoms with Crippen molar-refractivity contribution in [1.29, 1.82) is 0 Å². The van der Waals surface area contributed by atoms with Gasteiger partial charge in [-0.05, 0) is 65.8 Å². The van der Waals surface area contributed by atoms with E-state index in [1.54, 1.807) is 12.1 Å². The average Bonchev–Trinajstić information content (AvgIpc) is 3.08. The van der Waals surface area contributed by atoms with Crippen molar-refractivity contribution in [3.8, 4) is 5.75 Å². The number of rotatable bonds is 18. The molecule has 1 amide bonds. The summed E-state index contributed by atoms with van der Waals surface area (Å²) in [7, 11) is 2.95. The number of aliphatic hydroxyl groups excluding tert-OH is 1. The molecule has 0 fully saturated rings. The minimum Gasteiger partial charge on any atom is -0.497 e. The van der Waals surface area contributed by atoms with Gasteiger partial charge in [-0.1, -0.05) is 105 Å². The molecule has 0 saturated heterocycles. The van der Waals surface area contributed by atoms with Gasteiger partial charge in [0.25, 0.3) is 0 Å². The lowest BCUT2D eigenvalue weighted by Crippen LogP contribution is -2.52. The van der Waals surface area contributed by atoms with Crippen molar-refractivity contribution in [2.75, 3.05) is 26.7 Å². The molecular weight excluding hydrogens is 621 g/mol. The van der Waals surface area contributed by atoms with Crippen molar-refractivity contribution in [2.45, 2.75) is 56.8 Å². The van der Waals surface area contributed by atoms with E-state index in [0.717, 1.165) is 25.2 Å². The second kappa shape index (κ2) is 17.4. The van der Waals surface area contributed by atoms with Crippen LogP contribution in [-0.4, -0.2) is 75.3 Å². The zero-order valence-electron chi connectivity index (χ0n) is 28.0. The zero-order chi connectivity index (χ0) is 34.6. The monoisotopic (exact) mass is 667 g/mol. The number of methoxy groups -OCH3 is 1. The first-order valence-electron chi connectivity index (χ1n) is 16.2. The van der Waals surface area contributed by atoms with Crippen LogP contribution in [0.1, 0.15) is 37.0 Å². The standard InChI is InChI=1S/C38H46BN3O5S/c1-38(2,23-24-41(26-31-15-9-5-10-16-31)27-32-17-11-6-12-18-32)29-42(48(45,46)34-21-19-33(47-3)20-22-34)28-36(43)35(40-37(39)44)25-30-13-7-4-8-14-30/h4-22,35-36,43H,23-29H2,1-3H3,(H,40,44)/t35-,36+/m0/s1. The van der Waals surface area contributed by atoms with Gasteiger partial charge in [0.1, 0.15) is 5.75 Å². The van der Waals surface area contributed by atoms with Gasteiger partial charge in [-0.25, -0.2) is 8.42 Å². The first-order valence-corrected chi connectivity index (χ1v) is 17.6. The number of nitrogens with zero attached hydrogens (tertiary/aromatic N) is 2. The number of hydrogen-bond donors (Lipinski definition) is 2. The molecule has 0 unspecified atom stereocenters. The average molecular weight is 668 g/mol. The number of carbonyl (C=O) groups excluding carboxylic acids is 1. The number of sulfonamides is 1. The fraction of sp³-hybridized carbons (Fsp3) is 0.342. The first-order chi connectivity index (χ1) is 22.9. The Labute approximate surface area is 287 Å². The lowest BCUT2D eigenvalue weighted by atomic mass is 9.88. The molecule has 0 aromatic heterocycles. The van der Waals surface area contributed by atoms with Crippen LogP contribution in [0.4, 0.5) is 4.79 Å². The molecule has 10 heteroatoms. The maximum absolute atomic E-state index is 14.2. The van der Waals surface area contributed by atoms with Crippen molar-refractivity contribution >= 4 is 23.7 Å². The fourth-order valence-corrected chi connectivity index (χ4v) is 7.38. The molecule has 2 radical (unpaired) electrons. The van der Waals surface area contributed by atoms with Gasteiger partial charge < -0.3 is 15.2 Å². The van der Waals surface area contributed by atoms with Gasteiger partial charge >= 0.3 is 0 Å². The van der Waals surface area contributed by atoms with Crippen LogP contribution < -0.4 is 10.1 Å². The minimum atomic E-state index is -4.06. The Kier molecular flexibility index (Phi) is 13.4. The maximum Gasteiger partial charge on any atom is 0.243 e. The summed E-state index contributed by atoms with van der Waals surface area (Å²) >= 11 is 0. The number of aliphatic hydroxyl groups is 1. The van der Waals surface area contributed by atoms with Crippen LogP contribution in [-0.2, 0) is 29.5 Å². The highest BCUT2D eigenvalue weighted by Crippen LogP contribution is 2.29. The lowest BCUT2D eigenvalue weighted by molar-refractivity contribution is 0.0942. The van der Waals surface area contributed by atoms with Crippen LogP contribution in [0, 0.1) is 5.41 Å². The molecule has 0 bridgehead atoms. The van der Waals surface area contributed by atoms with Gasteiger partial charge in [0.05, 0.1) is 24.2 Å². The normalized spacial score (nSPS) is 13.3. The fourth-order valence-electron chi connectivity index (χ4n) is 5.73. The van der Waals surface area contributed by atoms with Gasteiger partial charge in [0.2, 0.25) is 17.9 Å². The minimum absolute atomic E-state index is 0.0866. The molecule has 2 N–H and O–H groups in total. The lowest BCUT2D eigenvalue weighted by Gasteiger charge is -2.36. The highest BCUT2D eigenvalue weighted by atomic mass is 32.2. The molecular formula is C38H46BN3O5S. The third kappa shape index (κ3) is 11.3. The van der Waals surface area contributed by atoms with E-state index in [0.29, 0.717) is 12.2 Å². The molecule has 48 heavy (non-hydrogen) atoms. The Balaban J connectivity index is 1.58. The van der Waals surface area contributed by atoms with E-state index < -0.39 is 33.4 Å². The number of ether oxygens (including phenoxy) is 1. The molecule has 4 rings (SSSR count). The van der Waals surface area contributed by atoms with Gasteiger partial charge in [0, 0.05) is 26.2 Å². The predicted octanol–water partition coefficient (Wildman–Crippen LogP) is 5.65. The van der Waals surface area contributed by atoms with Crippen molar-refractivity contribution in [2.24, 2.45) is 5.41 Å². The summed E-state index contributed by atoms with van der Waals surface area (Å²) < 4.78 is 35.0. The predicted molar refractivity (Wildman–Crippen MR) is 191 cm³/mol. The van der Waals surface area contributed by atoms with Crippen molar-refractivity contribution in [1.82, 2.24) is 14.5 Å². The molecule has 0 saturated carbocycles. The third-order valence-electron chi connectivity index (χ3n) is 8.39. The summed E-state index contributed by atoms with van der Waals surface area (Å²) in [5, 5.41) is 14.2. The Bertz CT molecular complexity index is 1620. The number of benzene rings is 4.